The van der Waals surface area contributed by atoms with Crippen molar-refractivity contribution in [2.24, 2.45) is 0 Å². The van der Waals surface area contributed by atoms with Gasteiger partial charge in [0.15, 0.2) is 5.78 Å². The summed E-state index contributed by atoms with van der Waals surface area (Å²) in [5.41, 5.74) is -2.14. The van der Waals surface area contributed by atoms with Crippen LogP contribution in [0.5, 0.6) is 0 Å². The molecule has 90 valence electrons. The Balaban J connectivity index is 3.68. The fraction of sp³-hybridized carbons (Fsp3) is 0.273. The van der Waals surface area contributed by atoms with Crippen LogP contribution in [0, 0.1) is 18.3 Å². The van der Waals surface area contributed by atoms with Crippen molar-refractivity contribution in [3.63, 3.8) is 0 Å². The van der Waals surface area contributed by atoms with E-state index >= 15 is 0 Å². The van der Waals surface area contributed by atoms with Gasteiger partial charge in [-0.25, -0.2) is 0 Å². The van der Waals surface area contributed by atoms with E-state index < -0.39 is 34.5 Å². The van der Waals surface area contributed by atoms with Crippen molar-refractivity contribution in [3.05, 3.63) is 34.4 Å². The van der Waals surface area contributed by atoms with Gasteiger partial charge in [-0.3, -0.25) is 4.79 Å². The van der Waals surface area contributed by atoms with E-state index in [1.54, 1.807) is 0 Å². The van der Waals surface area contributed by atoms with Gasteiger partial charge in [-0.1, -0.05) is 6.07 Å². The quantitative estimate of drug-likeness (QED) is 0.605. The molecule has 17 heavy (non-hydrogen) atoms. The summed E-state index contributed by atoms with van der Waals surface area (Å²) >= 11 is 5.28. The second-order valence-electron chi connectivity index (χ2n) is 3.35. The first-order chi connectivity index (χ1) is 7.82. The molecule has 0 aliphatic heterocycles. The Morgan fingerprint density at radius 3 is 2.47 bits per heavy atom. The van der Waals surface area contributed by atoms with Crippen LogP contribution in [0.2, 0.25) is 0 Å². The number of hydrogen-bond acceptors (Lipinski definition) is 2. The van der Waals surface area contributed by atoms with Gasteiger partial charge in [-0.2, -0.15) is 18.4 Å². The Bertz CT molecular complexity index is 503. The average Bonchev–Trinajstić information content (AvgIpc) is 2.26. The minimum absolute atomic E-state index is 0.155. The number of alkyl halides is 4. The van der Waals surface area contributed by atoms with E-state index in [1.165, 1.54) is 19.1 Å². The lowest BCUT2D eigenvalue weighted by Gasteiger charge is -2.15. The van der Waals surface area contributed by atoms with Crippen molar-refractivity contribution in [2.45, 2.75) is 13.1 Å². The number of nitriles is 1. The molecule has 0 saturated heterocycles. The second-order valence-corrected chi connectivity index (χ2v) is 3.61. The third kappa shape index (κ3) is 2.59. The number of carbonyl (C=O) groups excluding carboxylic acids is 1. The number of nitrogens with zero attached hydrogens (tertiary/aromatic N) is 1. The van der Waals surface area contributed by atoms with Crippen molar-refractivity contribution in [1.82, 2.24) is 0 Å². The Morgan fingerprint density at radius 2 is 2.06 bits per heavy atom. The van der Waals surface area contributed by atoms with Gasteiger partial charge in [0.2, 0.25) is 0 Å². The molecule has 0 bridgehead atoms. The summed E-state index contributed by atoms with van der Waals surface area (Å²) in [5, 5.41) is 8.66. The third-order valence-corrected chi connectivity index (χ3v) is 2.46. The second kappa shape index (κ2) is 4.76. The molecule has 0 heterocycles. The standard InChI is InChI=1S/C11H7ClF3NO/c1-6-2-3-7(5-16)10(11(13,14)15)9(6)8(17)4-12/h2-3H,4H2,1H3. The van der Waals surface area contributed by atoms with Crippen molar-refractivity contribution < 1.29 is 18.0 Å². The van der Waals surface area contributed by atoms with Gasteiger partial charge in [-0.15, -0.1) is 11.6 Å². The Labute approximate surface area is 101 Å². The first-order valence-electron chi connectivity index (χ1n) is 4.53. The van der Waals surface area contributed by atoms with E-state index in [9.17, 15) is 18.0 Å². The molecule has 0 amide bonds. The highest BCUT2D eigenvalue weighted by atomic mass is 35.5. The van der Waals surface area contributed by atoms with Crippen LogP contribution in [0.4, 0.5) is 13.2 Å². The molecule has 0 aromatic heterocycles. The van der Waals surface area contributed by atoms with E-state index in [1.807, 2.05) is 0 Å². The molecule has 0 atom stereocenters. The smallest absolute Gasteiger partial charge is 0.293 e. The lowest BCUT2D eigenvalue weighted by molar-refractivity contribution is -0.138. The van der Waals surface area contributed by atoms with Gasteiger partial charge in [0, 0.05) is 5.56 Å². The monoisotopic (exact) mass is 261 g/mol. The van der Waals surface area contributed by atoms with Gasteiger partial charge in [-0.05, 0) is 18.6 Å². The predicted octanol–water partition coefficient (Wildman–Crippen LogP) is 3.31. The molecule has 0 saturated carbocycles. The fourth-order valence-corrected chi connectivity index (χ4v) is 1.65. The SMILES string of the molecule is Cc1ccc(C#N)c(C(F)(F)F)c1C(=O)CCl. The Hall–Kier alpha value is -1.54. The van der Waals surface area contributed by atoms with Crippen molar-refractivity contribution >= 4 is 17.4 Å². The molecule has 1 aromatic rings. The normalized spacial score (nSPS) is 11.1. The lowest BCUT2D eigenvalue weighted by atomic mass is 9.94. The maximum Gasteiger partial charge on any atom is 0.418 e. The lowest BCUT2D eigenvalue weighted by Crippen LogP contribution is -2.17. The maximum atomic E-state index is 12.8. The number of hydrogen-bond donors (Lipinski definition) is 0. The molecule has 0 fully saturated rings. The zero-order valence-corrected chi connectivity index (χ0v) is 9.49. The largest absolute Gasteiger partial charge is 0.418 e. The minimum atomic E-state index is -4.76. The van der Waals surface area contributed by atoms with Crippen molar-refractivity contribution in [1.29, 1.82) is 5.26 Å². The van der Waals surface area contributed by atoms with Gasteiger partial charge in [0.1, 0.15) is 0 Å². The number of carbonyl (C=O) groups is 1. The Kier molecular flexibility index (Phi) is 3.79. The van der Waals surface area contributed by atoms with E-state index in [4.69, 9.17) is 16.9 Å². The molecule has 0 radical (unpaired) electrons. The van der Waals surface area contributed by atoms with Gasteiger partial charge in [0.05, 0.1) is 23.1 Å². The maximum absolute atomic E-state index is 12.8. The van der Waals surface area contributed by atoms with Crippen LogP contribution >= 0.6 is 11.6 Å². The first kappa shape index (κ1) is 13.5. The number of Topliss-reactive ketones (excluding diaryl/α,β-unsaturated/α-hetero) is 1. The molecule has 1 rings (SSSR count). The molecule has 0 aliphatic carbocycles. The van der Waals surface area contributed by atoms with Crippen LogP contribution in [0.3, 0.4) is 0 Å². The third-order valence-electron chi connectivity index (χ3n) is 2.22. The van der Waals surface area contributed by atoms with Crippen LogP contribution in [0.1, 0.15) is 27.0 Å². The minimum Gasteiger partial charge on any atom is -0.293 e. The van der Waals surface area contributed by atoms with E-state index in [-0.39, 0.29) is 5.56 Å². The Morgan fingerprint density at radius 1 is 1.47 bits per heavy atom. The highest BCUT2D eigenvalue weighted by Crippen LogP contribution is 2.36. The zero-order valence-electron chi connectivity index (χ0n) is 8.73. The molecular formula is C11H7ClF3NO. The number of ketones is 1. The summed E-state index contributed by atoms with van der Waals surface area (Å²) in [6.45, 7) is 1.37. The molecule has 1 aromatic carbocycles. The highest BCUT2D eigenvalue weighted by Gasteiger charge is 2.38. The molecule has 2 nitrogen and oxygen atoms in total. The van der Waals surface area contributed by atoms with E-state index in [0.29, 0.717) is 0 Å². The molecular weight excluding hydrogens is 255 g/mol. The van der Waals surface area contributed by atoms with Crippen LogP contribution in [0.25, 0.3) is 0 Å². The molecule has 0 spiro atoms. The summed E-state index contributed by atoms with van der Waals surface area (Å²) < 4.78 is 38.5. The summed E-state index contributed by atoms with van der Waals surface area (Å²) in [6, 6.07) is 3.78. The molecule has 6 heteroatoms. The zero-order chi connectivity index (χ0) is 13.2. The molecule has 0 aliphatic rings. The van der Waals surface area contributed by atoms with E-state index in [0.717, 1.165) is 6.07 Å². The first-order valence-corrected chi connectivity index (χ1v) is 5.06. The number of benzene rings is 1. The fourth-order valence-electron chi connectivity index (χ4n) is 1.52. The van der Waals surface area contributed by atoms with E-state index in [2.05, 4.69) is 0 Å². The summed E-state index contributed by atoms with van der Waals surface area (Å²) in [6.07, 6.45) is -4.76. The van der Waals surface area contributed by atoms with Crippen LogP contribution in [-0.4, -0.2) is 11.7 Å². The van der Waals surface area contributed by atoms with Crippen LogP contribution in [0.15, 0.2) is 12.1 Å². The number of aryl methyl sites for hydroxylation is 1. The summed E-state index contributed by atoms with van der Waals surface area (Å²) in [5.74, 6) is -1.40. The summed E-state index contributed by atoms with van der Waals surface area (Å²) in [4.78, 5) is 11.4. The van der Waals surface area contributed by atoms with Crippen LogP contribution in [-0.2, 0) is 6.18 Å². The van der Waals surface area contributed by atoms with Gasteiger partial charge in [0.25, 0.3) is 0 Å². The number of rotatable bonds is 2. The summed E-state index contributed by atoms with van der Waals surface area (Å²) in [7, 11) is 0. The highest BCUT2D eigenvalue weighted by molar-refractivity contribution is 6.30. The predicted molar refractivity (Wildman–Crippen MR) is 55.9 cm³/mol. The van der Waals surface area contributed by atoms with Gasteiger partial charge >= 0.3 is 6.18 Å². The topological polar surface area (TPSA) is 40.9 Å². The van der Waals surface area contributed by atoms with Crippen LogP contribution < -0.4 is 0 Å². The van der Waals surface area contributed by atoms with Gasteiger partial charge < -0.3 is 0 Å². The average molecular weight is 262 g/mol. The molecule has 0 unspecified atom stereocenters. The van der Waals surface area contributed by atoms with Crippen molar-refractivity contribution in [3.8, 4) is 6.07 Å². The van der Waals surface area contributed by atoms with Crippen molar-refractivity contribution in [2.75, 3.05) is 5.88 Å². The number of halogens is 4. The molecule has 0 N–H and O–H groups in total.